The fraction of sp³-hybridized carbons (Fsp3) is 0.500. The molecule has 0 saturated carbocycles. The van der Waals surface area contributed by atoms with Crippen LogP contribution < -0.4 is 0 Å². The molecule has 0 spiro atoms. The summed E-state index contributed by atoms with van der Waals surface area (Å²) in [4.78, 5) is 31.1. The third-order valence-electron chi connectivity index (χ3n) is 6.18. The predicted molar refractivity (Wildman–Crippen MR) is 112 cm³/mol. The van der Waals surface area contributed by atoms with Crippen molar-refractivity contribution < 1.29 is 14.3 Å². The number of nitrogens with one attached hydrogen (secondary N) is 1. The Bertz CT molecular complexity index is 924. The molecule has 0 bridgehead atoms. The second kappa shape index (κ2) is 7.45. The zero-order chi connectivity index (χ0) is 20.8. The zero-order valence-electron chi connectivity index (χ0n) is 17.7. The van der Waals surface area contributed by atoms with E-state index in [0.717, 1.165) is 35.2 Å². The molecule has 2 aliphatic rings. The average Bonchev–Trinajstić information content (AvgIpc) is 3.05. The van der Waals surface area contributed by atoms with Crippen molar-refractivity contribution in [3.05, 3.63) is 58.4 Å². The minimum Gasteiger partial charge on any atom is -0.366 e. The Hall–Kier alpha value is -2.40. The molecule has 2 aromatic rings. The molecule has 4 rings (SSSR count). The van der Waals surface area contributed by atoms with E-state index in [0.29, 0.717) is 25.2 Å². The van der Waals surface area contributed by atoms with Crippen molar-refractivity contribution in [2.45, 2.75) is 59.2 Å². The lowest BCUT2D eigenvalue weighted by atomic mass is 9.87. The van der Waals surface area contributed by atoms with Gasteiger partial charge in [-0.05, 0) is 36.3 Å². The van der Waals surface area contributed by atoms with Gasteiger partial charge in [-0.15, -0.1) is 0 Å². The Morgan fingerprint density at radius 1 is 1.14 bits per heavy atom. The van der Waals surface area contributed by atoms with Crippen LogP contribution in [0.2, 0.25) is 0 Å². The Morgan fingerprint density at radius 2 is 1.86 bits per heavy atom. The number of nitrogens with zero attached hydrogens (tertiary/aromatic N) is 1. The largest absolute Gasteiger partial charge is 0.366 e. The summed E-state index contributed by atoms with van der Waals surface area (Å²) in [6.07, 6.45) is 2.01. The molecule has 1 aromatic heterocycles. The van der Waals surface area contributed by atoms with Gasteiger partial charge in [0.1, 0.15) is 11.8 Å². The number of ketones is 1. The molecule has 1 aliphatic carbocycles. The number of aromatic nitrogens is 1. The second-order valence-electron chi connectivity index (χ2n) is 9.36. The van der Waals surface area contributed by atoms with Crippen molar-refractivity contribution >= 4 is 11.7 Å². The van der Waals surface area contributed by atoms with E-state index in [-0.39, 0.29) is 29.3 Å². The monoisotopic (exact) mass is 394 g/mol. The van der Waals surface area contributed by atoms with Gasteiger partial charge in [-0.3, -0.25) is 9.59 Å². The highest BCUT2D eigenvalue weighted by molar-refractivity contribution is 6.04. The minimum absolute atomic E-state index is 0.0387. The van der Waals surface area contributed by atoms with E-state index in [9.17, 15) is 9.59 Å². The molecule has 1 aromatic carbocycles. The number of benzene rings is 1. The van der Waals surface area contributed by atoms with Crippen LogP contribution in [-0.4, -0.2) is 40.8 Å². The molecule has 5 heteroatoms. The molecule has 1 saturated heterocycles. The summed E-state index contributed by atoms with van der Waals surface area (Å²) in [5.74, 6) is 0.110. The molecule has 1 amide bonds. The van der Waals surface area contributed by atoms with E-state index < -0.39 is 0 Å². The molecule has 154 valence electrons. The summed E-state index contributed by atoms with van der Waals surface area (Å²) in [6.45, 7) is 9.37. The van der Waals surface area contributed by atoms with Crippen LogP contribution in [-0.2, 0) is 11.2 Å². The Balaban J connectivity index is 1.66. The SMILES string of the molecule is Cc1c(C(=O)N2C[C@@H](c3ccccc3)O[C@@H](C(C)(C)C)C2)[nH]c2c1C(=O)CCC2. The van der Waals surface area contributed by atoms with E-state index in [1.165, 1.54) is 0 Å². The fourth-order valence-corrected chi connectivity index (χ4v) is 4.40. The first-order valence-electron chi connectivity index (χ1n) is 10.5. The molecule has 1 fully saturated rings. The van der Waals surface area contributed by atoms with Gasteiger partial charge in [0.15, 0.2) is 5.78 Å². The summed E-state index contributed by atoms with van der Waals surface area (Å²) in [5.41, 5.74) is 4.00. The summed E-state index contributed by atoms with van der Waals surface area (Å²) in [5, 5.41) is 0. The number of amides is 1. The minimum atomic E-state index is -0.162. The van der Waals surface area contributed by atoms with Crippen LogP contribution in [0.3, 0.4) is 0 Å². The second-order valence-corrected chi connectivity index (χ2v) is 9.36. The van der Waals surface area contributed by atoms with Gasteiger partial charge >= 0.3 is 0 Å². The maximum atomic E-state index is 13.5. The van der Waals surface area contributed by atoms with Crippen LogP contribution in [0.5, 0.6) is 0 Å². The number of morpholine rings is 1. The Labute approximate surface area is 172 Å². The van der Waals surface area contributed by atoms with E-state index in [1.54, 1.807) is 0 Å². The zero-order valence-corrected chi connectivity index (χ0v) is 17.7. The number of aryl methyl sites for hydroxylation is 1. The lowest BCUT2D eigenvalue weighted by Crippen LogP contribution is -2.51. The van der Waals surface area contributed by atoms with Crippen LogP contribution >= 0.6 is 0 Å². The van der Waals surface area contributed by atoms with E-state index in [1.807, 2.05) is 30.0 Å². The average molecular weight is 395 g/mol. The lowest BCUT2D eigenvalue weighted by molar-refractivity contribution is -0.119. The van der Waals surface area contributed by atoms with Gasteiger partial charge in [0.25, 0.3) is 5.91 Å². The van der Waals surface area contributed by atoms with Crippen molar-refractivity contribution in [3.8, 4) is 0 Å². The molecule has 0 radical (unpaired) electrons. The molecular weight excluding hydrogens is 364 g/mol. The maximum Gasteiger partial charge on any atom is 0.270 e. The third-order valence-corrected chi connectivity index (χ3v) is 6.18. The first-order chi connectivity index (χ1) is 13.8. The van der Waals surface area contributed by atoms with Crippen molar-refractivity contribution in [2.75, 3.05) is 13.1 Å². The molecule has 1 aliphatic heterocycles. The summed E-state index contributed by atoms with van der Waals surface area (Å²) in [6, 6.07) is 10.1. The van der Waals surface area contributed by atoms with Gasteiger partial charge in [-0.25, -0.2) is 0 Å². The molecule has 0 unspecified atom stereocenters. The maximum absolute atomic E-state index is 13.5. The number of carbonyl (C=O) groups excluding carboxylic acids is 2. The molecule has 2 heterocycles. The van der Waals surface area contributed by atoms with Crippen LogP contribution in [0, 0.1) is 12.3 Å². The Morgan fingerprint density at radius 3 is 2.52 bits per heavy atom. The smallest absolute Gasteiger partial charge is 0.270 e. The first kappa shape index (κ1) is 19.9. The fourth-order valence-electron chi connectivity index (χ4n) is 4.40. The number of hydrogen-bond donors (Lipinski definition) is 1. The van der Waals surface area contributed by atoms with Gasteiger partial charge in [0, 0.05) is 24.2 Å². The number of Topliss-reactive ketones (excluding diaryl/α,β-unsaturated/α-hetero) is 1. The van der Waals surface area contributed by atoms with Crippen molar-refractivity contribution in [1.82, 2.24) is 9.88 Å². The third kappa shape index (κ3) is 3.76. The van der Waals surface area contributed by atoms with Gasteiger partial charge in [-0.1, -0.05) is 51.1 Å². The summed E-state index contributed by atoms with van der Waals surface area (Å²) >= 11 is 0. The van der Waals surface area contributed by atoms with Crippen molar-refractivity contribution in [1.29, 1.82) is 0 Å². The summed E-state index contributed by atoms with van der Waals surface area (Å²) in [7, 11) is 0. The van der Waals surface area contributed by atoms with Crippen LogP contribution in [0.15, 0.2) is 30.3 Å². The van der Waals surface area contributed by atoms with Crippen molar-refractivity contribution in [2.24, 2.45) is 5.41 Å². The van der Waals surface area contributed by atoms with Gasteiger partial charge in [0.2, 0.25) is 0 Å². The normalized spacial score (nSPS) is 22.5. The molecule has 29 heavy (non-hydrogen) atoms. The van der Waals surface area contributed by atoms with Gasteiger partial charge in [-0.2, -0.15) is 0 Å². The highest BCUT2D eigenvalue weighted by atomic mass is 16.5. The standard InChI is InChI=1S/C24H30N2O3/c1-15-21-17(11-8-12-18(21)27)25-22(15)23(28)26-13-19(16-9-6-5-7-10-16)29-20(14-26)24(2,3)4/h5-7,9-10,19-20,25H,8,11-14H2,1-4H3/t19-,20+/m0/s1. The number of ether oxygens (including phenoxy) is 1. The number of carbonyl (C=O) groups is 2. The number of hydrogen-bond acceptors (Lipinski definition) is 3. The quantitative estimate of drug-likeness (QED) is 0.817. The number of rotatable bonds is 2. The van der Waals surface area contributed by atoms with Gasteiger partial charge < -0.3 is 14.6 Å². The van der Waals surface area contributed by atoms with Crippen LogP contribution in [0.4, 0.5) is 0 Å². The van der Waals surface area contributed by atoms with Gasteiger partial charge in [0.05, 0.1) is 12.6 Å². The Kier molecular flexibility index (Phi) is 5.11. The number of H-pyrrole nitrogens is 1. The van der Waals surface area contributed by atoms with E-state index >= 15 is 0 Å². The summed E-state index contributed by atoms with van der Waals surface area (Å²) < 4.78 is 6.42. The lowest BCUT2D eigenvalue weighted by Gasteiger charge is -2.43. The number of aromatic amines is 1. The predicted octanol–water partition coefficient (Wildman–Crippen LogP) is 4.47. The molecular formula is C24H30N2O3. The van der Waals surface area contributed by atoms with Crippen LogP contribution in [0.1, 0.15) is 77.4 Å². The highest BCUT2D eigenvalue weighted by Gasteiger charge is 2.39. The van der Waals surface area contributed by atoms with Crippen molar-refractivity contribution in [3.63, 3.8) is 0 Å². The van der Waals surface area contributed by atoms with Crippen LogP contribution in [0.25, 0.3) is 0 Å². The molecule has 2 atom stereocenters. The first-order valence-corrected chi connectivity index (χ1v) is 10.5. The highest BCUT2D eigenvalue weighted by Crippen LogP contribution is 2.35. The molecule has 5 nitrogen and oxygen atoms in total. The molecule has 1 N–H and O–H groups in total. The van der Waals surface area contributed by atoms with E-state index in [4.69, 9.17) is 4.74 Å². The number of fused-ring (bicyclic) bond motifs is 1. The van der Waals surface area contributed by atoms with E-state index in [2.05, 4.69) is 37.9 Å². The topological polar surface area (TPSA) is 62.4 Å².